The van der Waals surface area contributed by atoms with Gasteiger partial charge in [0.1, 0.15) is 18.5 Å². The first kappa shape index (κ1) is 19.4. The molecule has 7 heteroatoms. The van der Waals surface area contributed by atoms with Gasteiger partial charge in [0, 0.05) is 36.1 Å². The number of hydrogen-bond donors (Lipinski definition) is 1. The molecule has 2 aromatic carbocycles. The van der Waals surface area contributed by atoms with Crippen LogP contribution in [0.1, 0.15) is 12.0 Å². The molecule has 0 bridgehead atoms. The number of halogens is 2. The summed E-state index contributed by atoms with van der Waals surface area (Å²) in [4.78, 5) is 17.6. The molecule has 152 valence electrons. The van der Waals surface area contributed by atoms with Crippen LogP contribution in [0.2, 0.25) is 0 Å². The fraction of sp³-hybridized carbons (Fsp3) is 0.318. The van der Waals surface area contributed by atoms with Gasteiger partial charge in [0.15, 0.2) is 11.6 Å². The fourth-order valence-electron chi connectivity index (χ4n) is 3.56. The minimum Gasteiger partial charge on any atom is -0.488 e. The first-order valence-corrected chi connectivity index (χ1v) is 9.62. The summed E-state index contributed by atoms with van der Waals surface area (Å²) in [6.07, 6.45) is 2.61. The summed E-state index contributed by atoms with van der Waals surface area (Å²) < 4.78 is 37.9. The van der Waals surface area contributed by atoms with Gasteiger partial charge in [0.05, 0.1) is 13.2 Å². The van der Waals surface area contributed by atoms with Crippen molar-refractivity contribution in [1.82, 2.24) is 9.88 Å². The average molecular weight is 400 g/mol. The van der Waals surface area contributed by atoms with Crippen molar-refractivity contribution in [2.24, 2.45) is 0 Å². The van der Waals surface area contributed by atoms with Gasteiger partial charge in [0.25, 0.3) is 0 Å². The number of H-pyrrole nitrogens is 1. The van der Waals surface area contributed by atoms with Crippen LogP contribution in [0, 0.1) is 11.6 Å². The number of amides is 1. The monoisotopic (exact) mass is 400 g/mol. The lowest BCUT2D eigenvalue weighted by atomic mass is 10.1. The van der Waals surface area contributed by atoms with Crippen molar-refractivity contribution in [3.05, 3.63) is 65.9 Å². The van der Waals surface area contributed by atoms with Crippen LogP contribution in [0.4, 0.5) is 8.78 Å². The number of carbonyl (C=O) groups is 1. The summed E-state index contributed by atoms with van der Waals surface area (Å²) in [7, 11) is 0. The molecular formula is C22H22F2N2O3. The zero-order chi connectivity index (χ0) is 20.2. The third-order valence-corrected chi connectivity index (χ3v) is 5.09. The number of ether oxygens (including phenoxy) is 2. The summed E-state index contributed by atoms with van der Waals surface area (Å²) in [6.45, 7) is 1.31. The van der Waals surface area contributed by atoms with Crippen LogP contribution in [-0.4, -0.2) is 48.2 Å². The van der Waals surface area contributed by atoms with Crippen LogP contribution in [0.3, 0.4) is 0 Å². The van der Waals surface area contributed by atoms with E-state index in [1.165, 1.54) is 0 Å². The Kier molecular flexibility index (Phi) is 5.76. The predicted octanol–water partition coefficient (Wildman–Crippen LogP) is 3.69. The van der Waals surface area contributed by atoms with Crippen LogP contribution in [-0.2, 0) is 16.0 Å². The van der Waals surface area contributed by atoms with Crippen molar-refractivity contribution in [2.45, 2.75) is 18.9 Å². The molecule has 1 aliphatic rings. The summed E-state index contributed by atoms with van der Waals surface area (Å²) in [5.74, 6) is -1.31. The second-order valence-electron chi connectivity index (χ2n) is 7.08. The molecule has 1 N–H and O–H groups in total. The predicted molar refractivity (Wildman–Crippen MR) is 105 cm³/mol. The molecule has 4 rings (SSSR count). The van der Waals surface area contributed by atoms with E-state index in [4.69, 9.17) is 9.47 Å². The van der Waals surface area contributed by atoms with Crippen molar-refractivity contribution in [2.75, 3.05) is 26.3 Å². The second kappa shape index (κ2) is 8.61. The van der Waals surface area contributed by atoms with Crippen molar-refractivity contribution in [3.8, 4) is 5.75 Å². The minimum atomic E-state index is -0.631. The summed E-state index contributed by atoms with van der Waals surface area (Å²) in [5.41, 5.74) is 2.17. The molecular weight excluding hydrogens is 378 g/mol. The lowest BCUT2D eigenvalue weighted by Gasteiger charge is -2.33. The van der Waals surface area contributed by atoms with Crippen LogP contribution < -0.4 is 4.74 Å². The highest BCUT2D eigenvalue weighted by Gasteiger charge is 2.25. The van der Waals surface area contributed by atoms with Crippen molar-refractivity contribution >= 4 is 16.8 Å². The summed E-state index contributed by atoms with van der Waals surface area (Å²) >= 11 is 0. The largest absolute Gasteiger partial charge is 0.488 e. The third-order valence-electron chi connectivity index (χ3n) is 5.09. The number of hydrogen-bond acceptors (Lipinski definition) is 3. The molecule has 0 spiro atoms. The number of nitrogens with one attached hydrogen (secondary N) is 1. The molecule has 1 aromatic heterocycles. The maximum Gasteiger partial charge on any atom is 0.223 e. The number of carbonyl (C=O) groups excluding carboxylic acids is 1. The Morgan fingerprint density at radius 1 is 1.24 bits per heavy atom. The molecule has 1 amide bonds. The quantitative estimate of drug-likeness (QED) is 0.687. The normalized spacial score (nSPS) is 16.9. The zero-order valence-corrected chi connectivity index (χ0v) is 15.9. The Morgan fingerprint density at radius 2 is 2.10 bits per heavy atom. The number of morpholine rings is 1. The average Bonchev–Trinajstić information content (AvgIpc) is 3.16. The highest BCUT2D eigenvalue weighted by molar-refractivity contribution is 5.84. The Balaban J connectivity index is 1.30. The second-order valence-corrected chi connectivity index (χ2v) is 7.08. The Morgan fingerprint density at radius 3 is 3.00 bits per heavy atom. The Hall–Kier alpha value is -2.93. The van der Waals surface area contributed by atoms with Gasteiger partial charge in [-0.15, -0.1) is 0 Å². The molecule has 0 aliphatic carbocycles. The maximum atomic E-state index is 13.7. The molecule has 2 heterocycles. The van der Waals surface area contributed by atoms with Gasteiger partial charge in [-0.2, -0.15) is 0 Å². The van der Waals surface area contributed by atoms with Crippen LogP contribution >= 0.6 is 0 Å². The van der Waals surface area contributed by atoms with Gasteiger partial charge < -0.3 is 19.4 Å². The number of aromatic amines is 1. The molecule has 1 saturated heterocycles. The highest BCUT2D eigenvalue weighted by atomic mass is 19.1. The van der Waals surface area contributed by atoms with E-state index in [9.17, 15) is 13.6 Å². The fourth-order valence-corrected chi connectivity index (χ4v) is 3.56. The first-order chi connectivity index (χ1) is 14.1. The van der Waals surface area contributed by atoms with Crippen molar-refractivity contribution in [3.63, 3.8) is 0 Å². The van der Waals surface area contributed by atoms with Gasteiger partial charge >= 0.3 is 0 Å². The minimum absolute atomic E-state index is 0.0421. The molecule has 1 aliphatic heterocycles. The van der Waals surface area contributed by atoms with Crippen LogP contribution in [0.25, 0.3) is 10.9 Å². The van der Waals surface area contributed by atoms with Gasteiger partial charge in [-0.1, -0.05) is 18.2 Å². The van der Waals surface area contributed by atoms with E-state index in [0.717, 1.165) is 34.7 Å². The number of rotatable bonds is 6. The van der Waals surface area contributed by atoms with Crippen molar-refractivity contribution < 1.29 is 23.0 Å². The smallest absolute Gasteiger partial charge is 0.223 e. The number of fused-ring (bicyclic) bond motifs is 1. The topological polar surface area (TPSA) is 54.6 Å². The first-order valence-electron chi connectivity index (χ1n) is 9.62. The van der Waals surface area contributed by atoms with Crippen LogP contribution in [0.15, 0.2) is 48.7 Å². The molecule has 0 saturated carbocycles. The number of aryl methyl sites for hydroxylation is 1. The highest BCUT2D eigenvalue weighted by Crippen LogP contribution is 2.21. The lowest BCUT2D eigenvalue weighted by Crippen LogP contribution is -2.47. The Labute approximate surface area is 167 Å². The number of nitrogens with zero attached hydrogens (tertiary/aromatic N) is 1. The SMILES string of the molecule is O=C(CCc1c[nH]c2ccccc12)N1CCOC(COc2cc(F)ccc2F)C1. The summed E-state index contributed by atoms with van der Waals surface area (Å²) in [6, 6.07) is 11.1. The molecule has 5 nitrogen and oxygen atoms in total. The van der Waals surface area contributed by atoms with Gasteiger partial charge in [0.2, 0.25) is 5.91 Å². The van der Waals surface area contributed by atoms with E-state index in [1.54, 1.807) is 4.90 Å². The molecule has 3 aromatic rings. The standard InChI is InChI=1S/C22H22F2N2O3/c23-16-6-7-19(24)21(11-16)29-14-17-13-26(9-10-28-17)22(27)8-5-15-12-25-20-4-2-1-3-18(15)20/h1-4,6-7,11-12,17,25H,5,8-10,13-14H2. The van der Waals surface area contributed by atoms with E-state index in [1.807, 2.05) is 30.5 Å². The molecule has 1 atom stereocenters. The maximum absolute atomic E-state index is 13.7. The van der Waals surface area contributed by atoms with Gasteiger partial charge in [-0.25, -0.2) is 8.78 Å². The van der Waals surface area contributed by atoms with Gasteiger partial charge in [-0.05, 0) is 30.2 Å². The van der Waals surface area contributed by atoms with E-state index in [2.05, 4.69) is 4.98 Å². The van der Waals surface area contributed by atoms with Crippen molar-refractivity contribution in [1.29, 1.82) is 0 Å². The zero-order valence-electron chi connectivity index (χ0n) is 15.9. The number of para-hydroxylation sites is 1. The van der Waals surface area contributed by atoms with E-state index in [0.29, 0.717) is 32.5 Å². The molecule has 29 heavy (non-hydrogen) atoms. The number of benzene rings is 2. The van der Waals surface area contributed by atoms with E-state index >= 15 is 0 Å². The van der Waals surface area contributed by atoms with E-state index < -0.39 is 11.6 Å². The number of aromatic nitrogens is 1. The molecule has 0 radical (unpaired) electrons. The third kappa shape index (κ3) is 4.56. The van der Waals surface area contributed by atoms with Gasteiger partial charge in [-0.3, -0.25) is 4.79 Å². The van der Waals surface area contributed by atoms with E-state index in [-0.39, 0.29) is 24.4 Å². The Bertz CT molecular complexity index is 1000. The lowest BCUT2D eigenvalue weighted by molar-refractivity contribution is -0.139. The molecule has 1 unspecified atom stereocenters. The van der Waals surface area contributed by atoms with Crippen LogP contribution in [0.5, 0.6) is 5.75 Å². The summed E-state index contributed by atoms with van der Waals surface area (Å²) in [5, 5.41) is 1.13. The molecule has 1 fully saturated rings.